The summed E-state index contributed by atoms with van der Waals surface area (Å²) < 4.78 is 62.0. The Labute approximate surface area is 395 Å². The minimum absolute atomic E-state index is 0.193. The molecule has 0 bridgehead atoms. The van der Waals surface area contributed by atoms with Crippen molar-refractivity contribution in [1.29, 1.82) is 0 Å². The minimum Gasteiger partial charge on any atom is -0.463 e. The van der Waals surface area contributed by atoms with E-state index in [1.54, 1.807) is 60.7 Å². The maximum Gasteiger partial charge on any atom is 0.408 e. The van der Waals surface area contributed by atoms with Crippen molar-refractivity contribution in [3.05, 3.63) is 71.8 Å². The highest BCUT2D eigenvalue weighted by molar-refractivity contribution is 5.88. The molecule has 2 aliphatic rings. The molecule has 0 saturated carbocycles. The van der Waals surface area contributed by atoms with Crippen molar-refractivity contribution in [2.45, 2.75) is 135 Å². The van der Waals surface area contributed by atoms with Gasteiger partial charge >= 0.3 is 47.9 Å². The van der Waals surface area contributed by atoms with Crippen LogP contribution in [-0.4, -0.2) is 140 Å². The van der Waals surface area contributed by atoms with Crippen molar-refractivity contribution in [3.63, 3.8) is 0 Å². The van der Waals surface area contributed by atoms with E-state index in [9.17, 15) is 47.9 Å². The summed E-state index contributed by atoms with van der Waals surface area (Å²) in [7, 11) is 0. The van der Waals surface area contributed by atoms with E-state index in [4.69, 9.17) is 52.1 Å². The summed E-state index contributed by atoms with van der Waals surface area (Å²) >= 11 is 0. The maximum atomic E-state index is 14.0. The molecule has 2 aromatic carbocycles. The number of carbonyl (C=O) groups excluding carboxylic acids is 10. The van der Waals surface area contributed by atoms with Gasteiger partial charge in [0, 0.05) is 48.5 Å². The third kappa shape index (κ3) is 17.8. The molecule has 24 heteroatoms. The average Bonchev–Trinajstić information content (AvgIpc) is 3.27. The molecule has 4 rings (SSSR count). The number of benzene rings is 2. The van der Waals surface area contributed by atoms with Crippen LogP contribution in [0.1, 0.15) is 66.0 Å². The molecule has 2 saturated heterocycles. The van der Waals surface area contributed by atoms with Crippen LogP contribution < -0.4 is 16.0 Å². The fourth-order valence-electron chi connectivity index (χ4n) is 7.07. The number of carbonyl (C=O) groups is 10. The van der Waals surface area contributed by atoms with Crippen LogP contribution in [0, 0.1) is 0 Å². The Morgan fingerprint density at radius 3 is 1.51 bits per heavy atom. The molecule has 2 heterocycles. The zero-order valence-electron chi connectivity index (χ0n) is 38.7. The summed E-state index contributed by atoms with van der Waals surface area (Å²) in [5, 5.41) is 7.39. The van der Waals surface area contributed by atoms with Crippen LogP contribution in [0.25, 0.3) is 0 Å². The Morgan fingerprint density at radius 1 is 0.522 bits per heavy atom. The predicted octanol–water partition coefficient (Wildman–Crippen LogP) is 0.724. The van der Waals surface area contributed by atoms with Gasteiger partial charge in [-0.1, -0.05) is 60.7 Å². The number of rotatable bonds is 20. The Balaban J connectivity index is 1.72. The molecule has 0 aliphatic carbocycles. The first-order valence-electron chi connectivity index (χ1n) is 21.4. The lowest BCUT2D eigenvalue weighted by Gasteiger charge is -2.49. The zero-order chi connectivity index (χ0) is 50.8. The van der Waals surface area contributed by atoms with E-state index in [0.29, 0.717) is 11.1 Å². The van der Waals surface area contributed by atoms with Crippen LogP contribution in [0.4, 0.5) is 4.79 Å². The van der Waals surface area contributed by atoms with Gasteiger partial charge in [-0.15, -0.1) is 0 Å². The molecule has 0 radical (unpaired) electrons. The van der Waals surface area contributed by atoms with Crippen LogP contribution >= 0.6 is 0 Å². The molecular weight excluding hydrogens is 918 g/mol. The van der Waals surface area contributed by atoms with E-state index >= 15 is 0 Å². The summed E-state index contributed by atoms with van der Waals surface area (Å²) in [6, 6.07) is 13.8. The molecule has 69 heavy (non-hydrogen) atoms. The second-order valence-electron chi connectivity index (χ2n) is 15.5. The van der Waals surface area contributed by atoms with Gasteiger partial charge in [-0.05, 0) is 11.1 Å². The van der Waals surface area contributed by atoms with E-state index in [0.717, 1.165) is 48.5 Å². The van der Waals surface area contributed by atoms with Crippen molar-refractivity contribution in [3.8, 4) is 0 Å². The first-order valence-corrected chi connectivity index (χ1v) is 21.4. The molecule has 0 aromatic heterocycles. The lowest BCUT2D eigenvalue weighted by molar-refractivity contribution is -0.339. The predicted molar refractivity (Wildman–Crippen MR) is 228 cm³/mol. The number of amides is 3. The lowest BCUT2D eigenvalue weighted by Crippen LogP contribution is -2.71. The van der Waals surface area contributed by atoms with Gasteiger partial charge in [0.05, 0.1) is 6.42 Å². The number of hydrogen-bond acceptors (Lipinski definition) is 21. The van der Waals surface area contributed by atoms with Crippen LogP contribution in [0.3, 0.4) is 0 Å². The first kappa shape index (κ1) is 54.4. The fourth-order valence-corrected chi connectivity index (χ4v) is 7.07. The van der Waals surface area contributed by atoms with Gasteiger partial charge in [0.2, 0.25) is 11.8 Å². The van der Waals surface area contributed by atoms with E-state index in [1.165, 1.54) is 0 Å². The summed E-state index contributed by atoms with van der Waals surface area (Å²) in [4.78, 5) is 128. The van der Waals surface area contributed by atoms with Crippen molar-refractivity contribution in [2.75, 3.05) is 13.2 Å². The fraction of sp³-hybridized carbons (Fsp3) is 0.511. The normalized spacial score (nSPS) is 24.3. The molecule has 2 fully saturated rings. The number of alkyl carbamates (subject to hydrolysis) is 1. The molecule has 3 N–H and O–H groups in total. The Bertz CT molecular complexity index is 2140. The van der Waals surface area contributed by atoms with E-state index in [1.807, 2.05) is 0 Å². The number of hydrogen-bond donors (Lipinski definition) is 3. The van der Waals surface area contributed by atoms with Crippen LogP contribution in [-0.2, 0) is 108 Å². The summed E-state index contributed by atoms with van der Waals surface area (Å²) in [6.07, 6.45) is -17.2. The Kier molecular flexibility index (Phi) is 20.8. The molecular formula is C45H55N3O21. The monoisotopic (exact) mass is 973 g/mol. The second-order valence-corrected chi connectivity index (χ2v) is 15.5. The summed E-state index contributed by atoms with van der Waals surface area (Å²) in [6.45, 7) is 5.40. The second kappa shape index (κ2) is 26.4. The highest BCUT2D eigenvalue weighted by Crippen LogP contribution is 2.34. The number of esters is 7. The van der Waals surface area contributed by atoms with Crippen molar-refractivity contribution < 1.29 is 100 Å². The number of nitrogens with one attached hydrogen (secondary N) is 3. The smallest absolute Gasteiger partial charge is 0.408 e. The molecule has 2 aliphatic heterocycles. The summed E-state index contributed by atoms with van der Waals surface area (Å²) in [5.74, 6) is -8.30. The third-order valence-corrected chi connectivity index (χ3v) is 9.76. The van der Waals surface area contributed by atoms with E-state index < -0.39 is 147 Å². The summed E-state index contributed by atoms with van der Waals surface area (Å²) in [5.41, 5.74) is 1.21. The largest absolute Gasteiger partial charge is 0.463 e. The Morgan fingerprint density at radius 2 is 1.00 bits per heavy atom. The topological polar surface area (TPSA) is 308 Å². The van der Waals surface area contributed by atoms with Gasteiger partial charge < -0.3 is 68.1 Å². The van der Waals surface area contributed by atoms with E-state index in [-0.39, 0.29) is 13.2 Å². The maximum absolute atomic E-state index is 14.0. The number of ether oxygens (including phenoxy) is 11. The highest BCUT2D eigenvalue weighted by Gasteiger charge is 2.57. The van der Waals surface area contributed by atoms with Crippen molar-refractivity contribution in [1.82, 2.24) is 16.0 Å². The average molecular weight is 974 g/mol. The molecule has 0 spiro atoms. The standard InChI is InChI=1S/C45H55N3O21/c1-23(49)46-36-39(64-27(5)53)37(69-44-41(66-29(7)55)40(65-28(6)54)38(63-26(4)52)34(68-44)22-60-25(3)51)33(21-59-24(2)50)67-42(36)48-35(56)18-32(43(57)61-19-30-14-10-8-11-15-30)47-45(58)62-20-31-16-12-9-13-17-31/h8-17,32-34,36-42,44H,18-22H2,1-7H3,(H,46,49)(H,47,58)(H,48,56)/t32-,33+,34+,36+,37+,38-,39+,40-,41+,42+,44-/m0/s1. The molecule has 376 valence electrons. The van der Waals surface area contributed by atoms with Crippen molar-refractivity contribution in [2.24, 2.45) is 0 Å². The quantitative estimate of drug-likeness (QED) is 0.122. The molecule has 11 atom stereocenters. The highest BCUT2D eigenvalue weighted by atomic mass is 16.8. The van der Waals surface area contributed by atoms with Crippen LogP contribution in [0.15, 0.2) is 60.7 Å². The van der Waals surface area contributed by atoms with Gasteiger partial charge in [-0.2, -0.15) is 0 Å². The Hall–Kier alpha value is -7.18. The molecule has 24 nitrogen and oxygen atoms in total. The van der Waals surface area contributed by atoms with Crippen LogP contribution in [0.5, 0.6) is 0 Å². The lowest BCUT2D eigenvalue weighted by atomic mass is 9.94. The van der Waals surface area contributed by atoms with E-state index in [2.05, 4.69) is 16.0 Å². The molecule has 2 aromatic rings. The SMILES string of the molecule is CC(=O)N[C@@H]1[C@@H](OC(C)=O)[C@H](O[C@@H]2O[C@H](COC(C)=O)[C@H](OC(C)=O)[C@H](OC(C)=O)[C@H]2OC(C)=O)[C@@H](COC(C)=O)O[C@H]1NC(=O)C[C@H](NC(=O)OCc1ccccc1)C(=O)OCc1ccccc1. The van der Waals surface area contributed by atoms with Gasteiger partial charge in [0.1, 0.15) is 56.8 Å². The van der Waals surface area contributed by atoms with Gasteiger partial charge in [0.25, 0.3) is 0 Å². The van der Waals surface area contributed by atoms with Gasteiger partial charge in [-0.3, -0.25) is 38.4 Å². The molecule has 3 amide bonds. The third-order valence-electron chi connectivity index (χ3n) is 9.76. The zero-order valence-corrected chi connectivity index (χ0v) is 38.7. The first-order chi connectivity index (χ1) is 32.7. The minimum atomic E-state index is -1.92. The molecule has 0 unspecified atom stereocenters. The van der Waals surface area contributed by atoms with Gasteiger partial charge in [-0.25, -0.2) is 9.59 Å². The van der Waals surface area contributed by atoms with Gasteiger partial charge in [0.15, 0.2) is 36.9 Å². The van der Waals surface area contributed by atoms with Crippen molar-refractivity contribution >= 4 is 59.7 Å². The van der Waals surface area contributed by atoms with Crippen LogP contribution in [0.2, 0.25) is 0 Å².